The number of aromatic nitrogens is 1. The fraction of sp³-hybridized carbons (Fsp3) is 0.182. The molecule has 0 spiro atoms. The Labute approximate surface area is 106 Å². The van der Waals surface area contributed by atoms with E-state index in [2.05, 4.69) is 10.3 Å². The van der Waals surface area contributed by atoms with Gasteiger partial charge in [-0.2, -0.15) is 4.39 Å². The van der Waals surface area contributed by atoms with Crippen molar-refractivity contribution in [2.45, 2.75) is 13.0 Å². The summed E-state index contributed by atoms with van der Waals surface area (Å²) in [4.78, 5) is 14.0. The molecule has 1 atom stereocenters. The van der Waals surface area contributed by atoms with E-state index in [-0.39, 0.29) is 6.04 Å². The summed E-state index contributed by atoms with van der Waals surface area (Å²) >= 11 is 1.48. The van der Waals surface area contributed by atoms with E-state index in [0.29, 0.717) is 5.69 Å². The van der Waals surface area contributed by atoms with Gasteiger partial charge < -0.3 is 5.32 Å². The predicted octanol–water partition coefficient (Wildman–Crippen LogP) is 3.36. The lowest BCUT2D eigenvalue weighted by atomic mass is 10.2. The van der Waals surface area contributed by atoms with E-state index in [9.17, 15) is 14.5 Å². The van der Waals surface area contributed by atoms with E-state index < -0.39 is 16.4 Å². The van der Waals surface area contributed by atoms with E-state index in [0.717, 1.165) is 11.1 Å². The monoisotopic (exact) mass is 267 g/mol. The van der Waals surface area contributed by atoms with Crippen LogP contribution in [0.4, 0.5) is 15.8 Å². The molecule has 0 saturated heterocycles. The molecule has 18 heavy (non-hydrogen) atoms. The summed E-state index contributed by atoms with van der Waals surface area (Å²) in [6.45, 7) is 1.88. The van der Waals surface area contributed by atoms with Gasteiger partial charge in [-0.25, -0.2) is 4.98 Å². The summed E-state index contributed by atoms with van der Waals surface area (Å²) in [7, 11) is 0. The molecule has 1 unspecified atom stereocenters. The number of nitrogens with one attached hydrogen (secondary N) is 1. The highest BCUT2D eigenvalue weighted by Crippen LogP contribution is 2.25. The van der Waals surface area contributed by atoms with Gasteiger partial charge in [-0.1, -0.05) is 0 Å². The average molecular weight is 267 g/mol. The van der Waals surface area contributed by atoms with Crippen LogP contribution >= 0.6 is 11.3 Å². The Kier molecular flexibility index (Phi) is 3.52. The summed E-state index contributed by atoms with van der Waals surface area (Å²) in [5.74, 6) is -0.840. The Hall–Kier alpha value is -2.02. The maximum Gasteiger partial charge on any atom is 0.306 e. The van der Waals surface area contributed by atoms with Gasteiger partial charge in [-0.15, -0.1) is 11.3 Å². The van der Waals surface area contributed by atoms with Crippen LogP contribution in [0.5, 0.6) is 0 Å². The van der Waals surface area contributed by atoms with Crippen molar-refractivity contribution >= 4 is 22.7 Å². The van der Waals surface area contributed by atoms with Crippen LogP contribution in [0.15, 0.2) is 29.8 Å². The Morgan fingerprint density at radius 1 is 1.56 bits per heavy atom. The first-order valence-electron chi connectivity index (χ1n) is 5.18. The highest BCUT2D eigenvalue weighted by atomic mass is 32.1. The standard InChI is InChI=1S/C11H10FN3O2S/c1-7(11-13-4-5-18-11)14-8-2-3-9(12)10(6-8)15(16)17/h2-7,14H,1H3. The number of benzene rings is 1. The van der Waals surface area contributed by atoms with Gasteiger partial charge >= 0.3 is 5.69 Å². The molecule has 0 radical (unpaired) electrons. The van der Waals surface area contributed by atoms with Crippen LogP contribution in [0.2, 0.25) is 0 Å². The molecule has 1 N–H and O–H groups in total. The van der Waals surface area contributed by atoms with Crippen molar-refractivity contribution in [1.82, 2.24) is 4.98 Å². The van der Waals surface area contributed by atoms with E-state index >= 15 is 0 Å². The molecule has 0 bridgehead atoms. The minimum absolute atomic E-state index is 0.0879. The Morgan fingerprint density at radius 2 is 2.33 bits per heavy atom. The fourth-order valence-electron chi connectivity index (χ4n) is 1.50. The van der Waals surface area contributed by atoms with Crippen LogP contribution in [0, 0.1) is 15.9 Å². The molecular formula is C11H10FN3O2S. The Balaban J connectivity index is 2.20. The minimum Gasteiger partial charge on any atom is -0.376 e. The van der Waals surface area contributed by atoms with Crippen LogP contribution in [0.25, 0.3) is 0 Å². The van der Waals surface area contributed by atoms with E-state index in [1.165, 1.54) is 23.5 Å². The molecule has 94 valence electrons. The lowest BCUT2D eigenvalue weighted by Gasteiger charge is -2.12. The minimum atomic E-state index is -0.840. The zero-order chi connectivity index (χ0) is 13.1. The predicted molar refractivity (Wildman–Crippen MR) is 67.2 cm³/mol. The van der Waals surface area contributed by atoms with Crippen molar-refractivity contribution in [3.63, 3.8) is 0 Å². The fourth-order valence-corrected chi connectivity index (χ4v) is 2.15. The van der Waals surface area contributed by atoms with Gasteiger partial charge in [0.1, 0.15) is 5.01 Å². The molecular weight excluding hydrogens is 257 g/mol. The second kappa shape index (κ2) is 5.09. The van der Waals surface area contributed by atoms with E-state index in [4.69, 9.17) is 0 Å². The van der Waals surface area contributed by atoms with Crippen LogP contribution in [-0.2, 0) is 0 Å². The molecule has 2 aromatic rings. The normalized spacial score (nSPS) is 12.1. The first-order valence-corrected chi connectivity index (χ1v) is 6.06. The topological polar surface area (TPSA) is 68.1 Å². The third-order valence-corrected chi connectivity index (χ3v) is 3.31. The van der Waals surface area contributed by atoms with Crippen LogP contribution in [0.1, 0.15) is 18.0 Å². The Bertz CT molecular complexity index is 559. The van der Waals surface area contributed by atoms with E-state index in [1.807, 2.05) is 12.3 Å². The highest BCUT2D eigenvalue weighted by Gasteiger charge is 2.15. The van der Waals surface area contributed by atoms with Crippen molar-refractivity contribution < 1.29 is 9.31 Å². The lowest BCUT2D eigenvalue weighted by molar-refractivity contribution is -0.387. The Morgan fingerprint density at radius 3 is 2.94 bits per heavy atom. The van der Waals surface area contributed by atoms with Crippen LogP contribution < -0.4 is 5.32 Å². The summed E-state index contributed by atoms with van der Waals surface area (Å²) in [5, 5.41) is 16.4. The molecule has 0 amide bonds. The molecule has 0 aliphatic carbocycles. The molecule has 1 heterocycles. The summed E-state index contributed by atoms with van der Waals surface area (Å²) in [6, 6.07) is 3.64. The number of thiazole rings is 1. The molecule has 0 aliphatic rings. The van der Waals surface area contributed by atoms with Gasteiger partial charge in [0.2, 0.25) is 5.82 Å². The molecule has 1 aromatic heterocycles. The number of hydrogen-bond acceptors (Lipinski definition) is 5. The van der Waals surface area contributed by atoms with Gasteiger partial charge in [-0.3, -0.25) is 10.1 Å². The maximum atomic E-state index is 13.2. The van der Waals surface area contributed by atoms with Gasteiger partial charge in [0.25, 0.3) is 0 Å². The van der Waals surface area contributed by atoms with Gasteiger partial charge in [0.15, 0.2) is 0 Å². The number of halogens is 1. The largest absolute Gasteiger partial charge is 0.376 e. The van der Waals surface area contributed by atoms with Crippen molar-refractivity contribution in [2.75, 3.05) is 5.32 Å². The van der Waals surface area contributed by atoms with Crippen molar-refractivity contribution in [2.24, 2.45) is 0 Å². The smallest absolute Gasteiger partial charge is 0.306 e. The zero-order valence-corrected chi connectivity index (χ0v) is 10.3. The number of nitro groups is 1. The highest BCUT2D eigenvalue weighted by molar-refractivity contribution is 7.09. The van der Waals surface area contributed by atoms with Crippen molar-refractivity contribution in [1.29, 1.82) is 0 Å². The number of nitrogens with zero attached hydrogens (tertiary/aromatic N) is 2. The quantitative estimate of drug-likeness (QED) is 0.681. The van der Waals surface area contributed by atoms with Gasteiger partial charge in [0, 0.05) is 23.3 Å². The first kappa shape index (κ1) is 12.4. The number of hydrogen-bond donors (Lipinski definition) is 1. The third-order valence-electron chi connectivity index (χ3n) is 2.35. The molecule has 0 aliphatic heterocycles. The average Bonchev–Trinajstić information content (AvgIpc) is 2.85. The molecule has 1 aromatic carbocycles. The zero-order valence-electron chi connectivity index (χ0n) is 9.46. The molecule has 2 rings (SSSR count). The second-order valence-electron chi connectivity index (χ2n) is 3.66. The lowest BCUT2D eigenvalue weighted by Crippen LogP contribution is -2.06. The van der Waals surface area contributed by atoms with Crippen molar-refractivity contribution in [3.05, 3.63) is 50.7 Å². The first-order chi connectivity index (χ1) is 8.58. The maximum absolute atomic E-state index is 13.2. The molecule has 7 heteroatoms. The van der Waals surface area contributed by atoms with E-state index in [1.54, 1.807) is 6.20 Å². The van der Waals surface area contributed by atoms with Crippen molar-refractivity contribution in [3.8, 4) is 0 Å². The van der Waals surface area contributed by atoms with Gasteiger partial charge in [-0.05, 0) is 19.1 Å². The summed E-state index contributed by atoms with van der Waals surface area (Å²) < 4.78 is 13.2. The van der Waals surface area contributed by atoms with Crippen LogP contribution in [-0.4, -0.2) is 9.91 Å². The molecule has 0 saturated carbocycles. The second-order valence-corrected chi connectivity index (χ2v) is 4.59. The molecule has 0 fully saturated rings. The number of rotatable bonds is 4. The van der Waals surface area contributed by atoms with Crippen LogP contribution in [0.3, 0.4) is 0 Å². The van der Waals surface area contributed by atoms with Gasteiger partial charge in [0.05, 0.1) is 11.0 Å². The summed E-state index contributed by atoms with van der Waals surface area (Å²) in [5.41, 5.74) is -0.0443. The third kappa shape index (κ3) is 2.62. The molecule has 5 nitrogen and oxygen atoms in total. The summed E-state index contributed by atoms with van der Waals surface area (Å²) in [6.07, 6.45) is 1.69. The number of nitro benzene ring substituents is 1. The number of anilines is 1. The SMILES string of the molecule is CC(Nc1ccc(F)c([N+](=O)[O-])c1)c1nccs1.